The summed E-state index contributed by atoms with van der Waals surface area (Å²) in [6.07, 6.45) is 5.40. The molecule has 3 nitrogen and oxygen atoms in total. The van der Waals surface area contributed by atoms with Crippen molar-refractivity contribution in [3.8, 4) is 0 Å². The molecule has 20 heavy (non-hydrogen) atoms. The topological polar surface area (TPSA) is 37.0 Å². The third-order valence-electron chi connectivity index (χ3n) is 4.65. The maximum atomic E-state index is 5.89. The zero-order chi connectivity index (χ0) is 14.0. The first-order valence-electron chi connectivity index (χ1n) is 7.61. The lowest BCUT2D eigenvalue weighted by Gasteiger charge is -2.31. The van der Waals surface area contributed by atoms with Crippen molar-refractivity contribution in [1.82, 2.24) is 10.3 Å². The van der Waals surface area contributed by atoms with E-state index in [1.54, 1.807) is 0 Å². The lowest BCUT2D eigenvalue weighted by atomic mass is 9.94. The Labute approximate surface area is 120 Å². The highest BCUT2D eigenvalue weighted by Gasteiger charge is 2.35. The number of benzene rings is 1. The standard InChI is InChI=1S/C17H24N2O/c1-13(17(2)8-3-11-20-17)18-9-6-14-4-5-16-15(12-14)7-10-19-16/h4-5,7,10,12-13,18-19H,3,6,8-9,11H2,1-2H3/t13-,17+/m1/s1. The van der Waals surface area contributed by atoms with Crippen LogP contribution in [0.4, 0.5) is 0 Å². The number of hydrogen-bond donors (Lipinski definition) is 2. The van der Waals surface area contributed by atoms with Crippen LogP contribution in [-0.4, -0.2) is 29.8 Å². The van der Waals surface area contributed by atoms with Gasteiger partial charge in [0.15, 0.2) is 0 Å². The molecular weight excluding hydrogens is 248 g/mol. The predicted molar refractivity (Wildman–Crippen MR) is 83.1 cm³/mol. The lowest BCUT2D eigenvalue weighted by molar-refractivity contribution is -0.00630. The molecule has 1 fully saturated rings. The van der Waals surface area contributed by atoms with Gasteiger partial charge in [-0.15, -0.1) is 0 Å². The highest BCUT2D eigenvalue weighted by Crippen LogP contribution is 2.28. The summed E-state index contributed by atoms with van der Waals surface area (Å²) >= 11 is 0. The summed E-state index contributed by atoms with van der Waals surface area (Å²) in [5, 5.41) is 4.92. The van der Waals surface area contributed by atoms with Crippen LogP contribution in [0.5, 0.6) is 0 Å². The van der Waals surface area contributed by atoms with Gasteiger partial charge in [-0.2, -0.15) is 0 Å². The number of aromatic amines is 1. The monoisotopic (exact) mass is 272 g/mol. The largest absolute Gasteiger partial charge is 0.374 e. The fourth-order valence-electron chi connectivity index (χ4n) is 3.05. The number of ether oxygens (including phenoxy) is 1. The molecule has 2 N–H and O–H groups in total. The molecule has 1 aromatic carbocycles. The van der Waals surface area contributed by atoms with E-state index in [9.17, 15) is 0 Å². The highest BCUT2D eigenvalue weighted by molar-refractivity contribution is 5.79. The third kappa shape index (κ3) is 2.74. The molecule has 0 radical (unpaired) electrons. The van der Waals surface area contributed by atoms with Crippen LogP contribution < -0.4 is 5.32 Å². The van der Waals surface area contributed by atoms with Gasteiger partial charge < -0.3 is 15.0 Å². The average molecular weight is 272 g/mol. The van der Waals surface area contributed by atoms with Gasteiger partial charge in [-0.05, 0) is 68.8 Å². The number of fused-ring (bicyclic) bond motifs is 1. The van der Waals surface area contributed by atoms with E-state index in [0.717, 1.165) is 26.0 Å². The Bertz CT molecular complexity index is 569. The van der Waals surface area contributed by atoms with E-state index < -0.39 is 0 Å². The van der Waals surface area contributed by atoms with E-state index in [2.05, 4.69) is 48.4 Å². The summed E-state index contributed by atoms with van der Waals surface area (Å²) in [5.41, 5.74) is 2.61. The smallest absolute Gasteiger partial charge is 0.0804 e. The maximum absolute atomic E-state index is 5.89. The van der Waals surface area contributed by atoms with Gasteiger partial charge in [0, 0.05) is 24.4 Å². The van der Waals surface area contributed by atoms with Crippen molar-refractivity contribution in [2.24, 2.45) is 0 Å². The molecule has 2 atom stereocenters. The van der Waals surface area contributed by atoms with Gasteiger partial charge in [0.1, 0.15) is 0 Å². The van der Waals surface area contributed by atoms with Crippen LogP contribution in [0, 0.1) is 0 Å². The molecule has 108 valence electrons. The molecule has 1 saturated heterocycles. The minimum absolute atomic E-state index is 0.0184. The second-order valence-electron chi connectivity index (χ2n) is 6.09. The molecule has 1 aliphatic heterocycles. The normalized spacial score (nSPS) is 24.3. The van der Waals surface area contributed by atoms with E-state index in [0.29, 0.717) is 6.04 Å². The van der Waals surface area contributed by atoms with Crippen molar-refractivity contribution in [2.75, 3.05) is 13.2 Å². The number of nitrogens with one attached hydrogen (secondary N) is 2. The second-order valence-corrected chi connectivity index (χ2v) is 6.09. The van der Waals surface area contributed by atoms with Gasteiger partial charge in [-0.3, -0.25) is 0 Å². The molecular formula is C17H24N2O. The van der Waals surface area contributed by atoms with E-state index in [-0.39, 0.29) is 5.60 Å². The number of aromatic nitrogens is 1. The second kappa shape index (κ2) is 5.58. The van der Waals surface area contributed by atoms with Crippen LogP contribution in [0.15, 0.2) is 30.5 Å². The molecule has 1 aromatic heterocycles. The first kappa shape index (κ1) is 13.7. The molecule has 2 heterocycles. The molecule has 0 amide bonds. The Morgan fingerprint density at radius 3 is 3.10 bits per heavy atom. The molecule has 3 heteroatoms. The van der Waals surface area contributed by atoms with Crippen LogP contribution >= 0.6 is 0 Å². The Kier molecular flexibility index (Phi) is 3.81. The first-order valence-corrected chi connectivity index (χ1v) is 7.61. The lowest BCUT2D eigenvalue weighted by Crippen LogP contribution is -2.46. The molecule has 0 spiro atoms. The minimum Gasteiger partial charge on any atom is -0.374 e. The summed E-state index contributed by atoms with van der Waals surface area (Å²) in [6.45, 7) is 6.37. The minimum atomic E-state index is 0.0184. The number of rotatable bonds is 5. The molecule has 0 bridgehead atoms. The van der Waals surface area contributed by atoms with E-state index in [1.807, 2.05) is 6.20 Å². The van der Waals surface area contributed by atoms with Crippen molar-refractivity contribution < 1.29 is 4.74 Å². The summed E-state index contributed by atoms with van der Waals surface area (Å²) in [7, 11) is 0. The molecule has 1 aliphatic rings. The summed E-state index contributed by atoms with van der Waals surface area (Å²) in [5.74, 6) is 0. The third-order valence-corrected chi connectivity index (χ3v) is 4.65. The maximum Gasteiger partial charge on any atom is 0.0804 e. The highest BCUT2D eigenvalue weighted by atomic mass is 16.5. The van der Waals surface area contributed by atoms with Crippen molar-refractivity contribution in [1.29, 1.82) is 0 Å². The molecule has 0 aliphatic carbocycles. The van der Waals surface area contributed by atoms with E-state index >= 15 is 0 Å². The summed E-state index contributed by atoms with van der Waals surface area (Å²) in [6, 6.07) is 9.17. The van der Waals surface area contributed by atoms with Crippen molar-refractivity contribution in [2.45, 2.75) is 44.8 Å². The zero-order valence-corrected chi connectivity index (χ0v) is 12.4. The van der Waals surface area contributed by atoms with Gasteiger partial charge in [0.05, 0.1) is 5.60 Å². The Morgan fingerprint density at radius 2 is 2.30 bits per heavy atom. The molecule has 3 rings (SSSR count). The summed E-state index contributed by atoms with van der Waals surface area (Å²) < 4.78 is 5.89. The predicted octanol–water partition coefficient (Wildman–Crippen LogP) is 3.26. The average Bonchev–Trinajstić information content (AvgIpc) is 3.07. The van der Waals surface area contributed by atoms with Crippen molar-refractivity contribution in [3.63, 3.8) is 0 Å². The zero-order valence-electron chi connectivity index (χ0n) is 12.4. The van der Waals surface area contributed by atoms with Crippen LogP contribution in [0.1, 0.15) is 32.3 Å². The Balaban J connectivity index is 1.54. The van der Waals surface area contributed by atoms with Crippen molar-refractivity contribution in [3.05, 3.63) is 36.0 Å². The number of H-pyrrole nitrogens is 1. The molecule has 0 unspecified atom stereocenters. The van der Waals surface area contributed by atoms with Crippen LogP contribution in [0.2, 0.25) is 0 Å². The van der Waals surface area contributed by atoms with Crippen molar-refractivity contribution >= 4 is 10.9 Å². The fraction of sp³-hybridized carbons (Fsp3) is 0.529. The molecule has 2 aromatic rings. The first-order chi connectivity index (χ1) is 9.67. The fourth-order valence-corrected chi connectivity index (χ4v) is 3.05. The van der Waals surface area contributed by atoms with Gasteiger partial charge in [0.25, 0.3) is 0 Å². The summed E-state index contributed by atoms with van der Waals surface area (Å²) in [4.78, 5) is 3.23. The van der Waals surface area contributed by atoms with Gasteiger partial charge in [0.2, 0.25) is 0 Å². The quantitative estimate of drug-likeness (QED) is 0.876. The Morgan fingerprint density at radius 1 is 1.40 bits per heavy atom. The van der Waals surface area contributed by atoms with Gasteiger partial charge in [-0.1, -0.05) is 6.07 Å². The Hall–Kier alpha value is -1.32. The van der Waals surface area contributed by atoms with E-state index in [1.165, 1.54) is 22.9 Å². The number of hydrogen-bond acceptors (Lipinski definition) is 2. The van der Waals surface area contributed by atoms with Crippen LogP contribution in [0.25, 0.3) is 10.9 Å². The van der Waals surface area contributed by atoms with Crippen LogP contribution in [0.3, 0.4) is 0 Å². The van der Waals surface area contributed by atoms with Crippen LogP contribution in [-0.2, 0) is 11.2 Å². The molecule has 0 saturated carbocycles. The van der Waals surface area contributed by atoms with E-state index in [4.69, 9.17) is 4.74 Å². The SMILES string of the molecule is C[C@@H](NCCc1ccc2[nH]ccc2c1)[C@]1(C)CCCO1. The van der Waals surface area contributed by atoms with Gasteiger partial charge in [-0.25, -0.2) is 0 Å². The van der Waals surface area contributed by atoms with Gasteiger partial charge >= 0.3 is 0 Å².